The highest BCUT2D eigenvalue weighted by molar-refractivity contribution is 5.79. The predicted molar refractivity (Wildman–Crippen MR) is 130 cm³/mol. The first-order valence-corrected chi connectivity index (χ1v) is 11.8. The molecule has 0 aliphatic carbocycles. The molecule has 1 amide bonds. The van der Waals surface area contributed by atoms with E-state index < -0.39 is 0 Å². The van der Waals surface area contributed by atoms with Gasteiger partial charge in [-0.3, -0.25) is 9.69 Å². The molecule has 2 aromatic carbocycles. The van der Waals surface area contributed by atoms with Crippen molar-refractivity contribution in [3.63, 3.8) is 0 Å². The standard InChI is InChI=1S/C26H32N4O5/c1-18(17-34-21-7-5-4-6-8-21)27-26(31)19-11-13-30(14-12-19)16-24-28-25(29-35-24)20-9-10-22(32-2)23(15-20)33-3/h4-10,15,18-19H,11-14,16-17H2,1-3H3,(H,27,31). The number of rotatable bonds is 10. The quantitative estimate of drug-likeness (QED) is 0.470. The molecule has 9 heteroatoms. The Kier molecular flexibility index (Phi) is 8.20. The lowest BCUT2D eigenvalue weighted by molar-refractivity contribution is -0.127. The monoisotopic (exact) mass is 480 g/mol. The molecule has 1 unspecified atom stereocenters. The Hall–Kier alpha value is -3.59. The van der Waals surface area contributed by atoms with Gasteiger partial charge in [-0.05, 0) is 63.2 Å². The predicted octanol–water partition coefficient (Wildman–Crippen LogP) is 3.55. The van der Waals surface area contributed by atoms with Gasteiger partial charge in [0.15, 0.2) is 11.5 Å². The molecule has 9 nitrogen and oxygen atoms in total. The van der Waals surface area contributed by atoms with Crippen LogP contribution in [0.2, 0.25) is 0 Å². The zero-order valence-corrected chi connectivity index (χ0v) is 20.4. The van der Waals surface area contributed by atoms with Crippen molar-refractivity contribution in [2.45, 2.75) is 32.4 Å². The Morgan fingerprint density at radius 3 is 2.57 bits per heavy atom. The zero-order valence-electron chi connectivity index (χ0n) is 20.4. The van der Waals surface area contributed by atoms with Gasteiger partial charge in [-0.2, -0.15) is 4.98 Å². The SMILES string of the molecule is COc1ccc(-c2noc(CN3CCC(C(=O)NC(C)COc4ccccc4)CC3)n2)cc1OC. The lowest BCUT2D eigenvalue weighted by atomic mass is 9.95. The highest BCUT2D eigenvalue weighted by Gasteiger charge is 2.27. The molecular formula is C26H32N4O5. The zero-order chi connectivity index (χ0) is 24.6. The van der Waals surface area contributed by atoms with Crippen LogP contribution in [0.3, 0.4) is 0 Å². The van der Waals surface area contributed by atoms with Crippen LogP contribution >= 0.6 is 0 Å². The smallest absolute Gasteiger partial charge is 0.241 e. The van der Waals surface area contributed by atoms with Crippen molar-refractivity contribution < 1.29 is 23.5 Å². The van der Waals surface area contributed by atoms with Crippen LogP contribution in [-0.2, 0) is 11.3 Å². The second kappa shape index (κ2) is 11.7. The van der Waals surface area contributed by atoms with E-state index in [2.05, 4.69) is 20.4 Å². The number of likely N-dealkylation sites (tertiary alicyclic amines) is 1. The van der Waals surface area contributed by atoms with Gasteiger partial charge in [0.1, 0.15) is 12.4 Å². The minimum Gasteiger partial charge on any atom is -0.493 e. The number of carbonyl (C=O) groups is 1. The number of nitrogens with one attached hydrogen (secondary N) is 1. The van der Waals surface area contributed by atoms with Crippen molar-refractivity contribution in [1.82, 2.24) is 20.4 Å². The van der Waals surface area contributed by atoms with Crippen molar-refractivity contribution in [1.29, 1.82) is 0 Å². The van der Waals surface area contributed by atoms with Crippen molar-refractivity contribution >= 4 is 5.91 Å². The summed E-state index contributed by atoms with van der Waals surface area (Å²) in [5.74, 6) is 3.18. The highest BCUT2D eigenvalue weighted by Crippen LogP contribution is 2.31. The summed E-state index contributed by atoms with van der Waals surface area (Å²) in [4.78, 5) is 19.5. The van der Waals surface area contributed by atoms with Crippen LogP contribution in [0.15, 0.2) is 53.1 Å². The average molecular weight is 481 g/mol. The normalized spacial score (nSPS) is 15.4. The molecule has 0 spiro atoms. The summed E-state index contributed by atoms with van der Waals surface area (Å²) in [6.07, 6.45) is 1.57. The largest absolute Gasteiger partial charge is 0.493 e. The van der Waals surface area contributed by atoms with Gasteiger partial charge < -0.3 is 24.1 Å². The van der Waals surface area contributed by atoms with E-state index in [-0.39, 0.29) is 17.9 Å². The Bertz CT molecular complexity index is 1100. The van der Waals surface area contributed by atoms with E-state index in [4.69, 9.17) is 18.7 Å². The fraction of sp³-hybridized carbons (Fsp3) is 0.423. The molecule has 186 valence electrons. The van der Waals surface area contributed by atoms with Crippen LogP contribution in [-0.4, -0.2) is 60.9 Å². The maximum absolute atomic E-state index is 12.7. The third kappa shape index (κ3) is 6.51. The molecule has 35 heavy (non-hydrogen) atoms. The van der Waals surface area contributed by atoms with E-state index in [0.29, 0.717) is 36.4 Å². The Morgan fingerprint density at radius 2 is 1.86 bits per heavy atom. The van der Waals surface area contributed by atoms with E-state index in [9.17, 15) is 4.79 Å². The number of piperidine rings is 1. The van der Waals surface area contributed by atoms with Crippen LogP contribution in [0, 0.1) is 5.92 Å². The summed E-state index contributed by atoms with van der Waals surface area (Å²) in [6.45, 7) is 4.54. The highest BCUT2D eigenvalue weighted by atomic mass is 16.5. The second-order valence-corrected chi connectivity index (χ2v) is 8.67. The molecule has 1 atom stereocenters. The van der Waals surface area contributed by atoms with Crippen molar-refractivity contribution in [2.24, 2.45) is 5.92 Å². The molecule has 2 heterocycles. The number of methoxy groups -OCH3 is 2. The third-order valence-corrected chi connectivity index (χ3v) is 6.06. The Labute approximate surface area is 205 Å². The first-order chi connectivity index (χ1) is 17.1. The van der Waals surface area contributed by atoms with Gasteiger partial charge >= 0.3 is 0 Å². The number of para-hydroxylation sites is 1. The number of amides is 1. The van der Waals surface area contributed by atoms with Crippen LogP contribution in [0.5, 0.6) is 17.2 Å². The number of carbonyl (C=O) groups excluding carboxylic acids is 1. The van der Waals surface area contributed by atoms with Gasteiger partial charge in [0.05, 0.1) is 26.8 Å². The fourth-order valence-corrected chi connectivity index (χ4v) is 4.10. The molecule has 1 aliphatic heterocycles. The van der Waals surface area contributed by atoms with Gasteiger partial charge in [0.25, 0.3) is 0 Å². The molecule has 1 saturated heterocycles. The van der Waals surface area contributed by atoms with Gasteiger partial charge in [-0.25, -0.2) is 0 Å². The van der Waals surface area contributed by atoms with Crippen molar-refractivity contribution in [3.05, 3.63) is 54.4 Å². The molecule has 1 aromatic heterocycles. The van der Waals surface area contributed by atoms with Gasteiger partial charge in [0, 0.05) is 11.5 Å². The minimum absolute atomic E-state index is 0.00423. The molecule has 1 aliphatic rings. The van der Waals surface area contributed by atoms with E-state index in [1.165, 1.54) is 0 Å². The average Bonchev–Trinajstić information content (AvgIpc) is 3.36. The molecule has 1 fully saturated rings. The van der Waals surface area contributed by atoms with E-state index in [1.54, 1.807) is 14.2 Å². The van der Waals surface area contributed by atoms with Gasteiger partial charge in [-0.1, -0.05) is 23.4 Å². The maximum atomic E-state index is 12.7. The maximum Gasteiger partial charge on any atom is 0.241 e. The summed E-state index contributed by atoms with van der Waals surface area (Å²) in [6, 6.07) is 15.1. The fourth-order valence-electron chi connectivity index (χ4n) is 4.10. The molecule has 0 radical (unpaired) electrons. The van der Waals surface area contributed by atoms with Crippen LogP contribution < -0.4 is 19.5 Å². The van der Waals surface area contributed by atoms with E-state index in [1.807, 2.05) is 55.5 Å². The minimum atomic E-state index is -0.0610. The van der Waals surface area contributed by atoms with Gasteiger partial charge in [-0.15, -0.1) is 0 Å². The van der Waals surface area contributed by atoms with Crippen molar-refractivity contribution in [3.8, 4) is 28.6 Å². The molecular weight excluding hydrogens is 448 g/mol. The number of nitrogens with zero attached hydrogens (tertiary/aromatic N) is 3. The van der Waals surface area contributed by atoms with E-state index >= 15 is 0 Å². The number of hydrogen-bond acceptors (Lipinski definition) is 8. The first kappa shape index (κ1) is 24.5. The molecule has 0 saturated carbocycles. The Morgan fingerprint density at radius 1 is 1.11 bits per heavy atom. The molecule has 4 rings (SSSR count). The third-order valence-electron chi connectivity index (χ3n) is 6.06. The van der Waals surface area contributed by atoms with Crippen LogP contribution in [0.25, 0.3) is 11.4 Å². The Balaban J connectivity index is 1.23. The lowest BCUT2D eigenvalue weighted by Crippen LogP contribution is -2.44. The first-order valence-electron chi connectivity index (χ1n) is 11.8. The summed E-state index contributed by atoms with van der Waals surface area (Å²) in [5, 5.41) is 7.19. The van der Waals surface area contributed by atoms with Crippen LogP contribution in [0.1, 0.15) is 25.7 Å². The summed E-state index contributed by atoms with van der Waals surface area (Å²) in [7, 11) is 3.18. The molecule has 3 aromatic rings. The lowest BCUT2D eigenvalue weighted by Gasteiger charge is -2.30. The topological polar surface area (TPSA) is 99.0 Å². The van der Waals surface area contributed by atoms with E-state index in [0.717, 1.165) is 37.2 Å². The van der Waals surface area contributed by atoms with Gasteiger partial charge in [0.2, 0.25) is 17.6 Å². The second-order valence-electron chi connectivity index (χ2n) is 8.67. The summed E-state index contributed by atoms with van der Waals surface area (Å²) in [5.41, 5.74) is 0.790. The molecule has 0 bridgehead atoms. The number of hydrogen-bond donors (Lipinski definition) is 1. The number of benzene rings is 2. The summed E-state index contributed by atoms with van der Waals surface area (Å²) < 4.78 is 21.8. The molecule has 1 N–H and O–H groups in total. The van der Waals surface area contributed by atoms with Crippen molar-refractivity contribution in [2.75, 3.05) is 33.9 Å². The number of aromatic nitrogens is 2. The number of ether oxygens (including phenoxy) is 3. The van der Waals surface area contributed by atoms with Crippen LogP contribution in [0.4, 0.5) is 0 Å². The summed E-state index contributed by atoms with van der Waals surface area (Å²) >= 11 is 0.